The maximum atomic E-state index is 11.5. The third-order valence-electron chi connectivity index (χ3n) is 2.75. The first kappa shape index (κ1) is 12.6. The highest BCUT2D eigenvalue weighted by Crippen LogP contribution is 2.06. The molecule has 1 N–H and O–H groups in total. The molecule has 0 heterocycles. The van der Waals surface area contributed by atoms with Crippen LogP contribution in [0.2, 0.25) is 0 Å². The third-order valence-corrected chi connectivity index (χ3v) is 2.75. The Labute approximate surface area is 97.5 Å². The third kappa shape index (κ3) is 3.57. The van der Waals surface area contributed by atoms with E-state index >= 15 is 0 Å². The van der Waals surface area contributed by atoms with Gasteiger partial charge in [0, 0.05) is 20.1 Å². The maximum Gasteiger partial charge on any atom is 0.317 e. The summed E-state index contributed by atoms with van der Waals surface area (Å²) in [6.45, 7) is 5.47. The highest BCUT2D eigenvalue weighted by Gasteiger charge is 2.04. The molecule has 0 aliphatic heterocycles. The minimum absolute atomic E-state index is 0.00363. The molecule has 0 spiro atoms. The van der Waals surface area contributed by atoms with Gasteiger partial charge in [-0.1, -0.05) is 24.3 Å². The van der Waals surface area contributed by atoms with Crippen LogP contribution in [-0.4, -0.2) is 31.1 Å². The van der Waals surface area contributed by atoms with Gasteiger partial charge in [0.05, 0.1) is 0 Å². The second-order valence-electron chi connectivity index (χ2n) is 3.92. The average molecular weight is 220 g/mol. The van der Waals surface area contributed by atoms with Crippen LogP contribution in [0.25, 0.3) is 0 Å². The topological polar surface area (TPSA) is 32.3 Å². The number of hydrogen-bond acceptors (Lipinski definition) is 1. The van der Waals surface area contributed by atoms with Gasteiger partial charge in [0.1, 0.15) is 0 Å². The van der Waals surface area contributed by atoms with Crippen molar-refractivity contribution in [1.82, 2.24) is 10.2 Å². The van der Waals surface area contributed by atoms with E-state index < -0.39 is 0 Å². The summed E-state index contributed by atoms with van der Waals surface area (Å²) in [5, 5.41) is 2.90. The highest BCUT2D eigenvalue weighted by molar-refractivity contribution is 5.73. The first-order valence-corrected chi connectivity index (χ1v) is 5.68. The Morgan fingerprint density at radius 2 is 2.06 bits per heavy atom. The number of carbonyl (C=O) groups excluding carboxylic acids is 1. The lowest BCUT2D eigenvalue weighted by molar-refractivity contribution is 0.211. The molecular weight excluding hydrogens is 200 g/mol. The average Bonchev–Trinajstić information content (AvgIpc) is 2.30. The lowest BCUT2D eigenvalue weighted by atomic mass is 10.1. The van der Waals surface area contributed by atoms with Crippen LogP contribution >= 0.6 is 0 Å². The first-order valence-electron chi connectivity index (χ1n) is 5.68. The Morgan fingerprint density at radius 3 is 2.69 bits per heavy atom. The minimum Gasteiger partial charge on any atom is -0.338 e. The molecule has 0 fully saturated rings. The Morgan fingerprint density at radius 1 is 1.38 bits per heavy atom. The second kappa shape index (κ2) is 6.16. The number of nitrogens with zero attached hydrogens (tertiary/aromatic N) is 1. The number of amides is 2. The molecule has 88 valence electrons. The molecule has 0 aromatic heterocycles. The van der Waals surface area contributed by atoms with Gasteiger partial charge < -0.3 is 10.2 Å². The smallest absolute Gasteiger partial charge is 0.317 e. The normalized spacial score (nSPS) is 9.94. The van der Waals surface area contributed by atoms with Crippen LogP contribution in [-0.2, 0) is 6.42 Å². The molecule has 1 aromatic carbocycles. The van der Waals surface area contributed by atoms with E-state index in [1.54, 1.807) is 11.9 Å². The number of carbonyl (C=O) groups is 1. The van der Waals surface area contributed by atoms with Gasteiger partial charge >= 0.3 is 6.03 Å². The van der Waals surface area contributed by atoms with Crippen LogP contribution in [0.1, 0.15) is 18.1 Å². The first-order chi connectivity index (χ1) is 7.65. The molecule has 0 aliphatic carbocycles. The number of rotatable bonds is 4. The fourth-order valence-corrected chi connectivity index (χ4v) is 1.47. The summed E-state index contributed by atoms with van der Waals surface area (Å²) >= 11 is 0. The van der Waals surface area contributed by atoms with E-state index in [1.807, 2.05) is 19.1 Å². The fourth-order valence-electron chi connectivity index (χ4n) is 1.47. The molecule has 2 amide bonds. The Balaban J connectivity index is 2.36. The Bertz CT molecular complexity index is 350. The van der Waals surface area contributed by atoms with E-state index in [4.69, 9.17) is 0 Å². The lowest BCUT2D eigenvalue weighted by Gasteiger charge is -2.15. The number of nitrogens with one attached hydrogen (secondary N) is 1. The molecule has 0 bridgehead atoms. The minimum atomic E-state index is -0.00363. The summed E-state index contributed by atoms with van der Waals surface area (Å²) in [6, 6.07) is 8.25. The molecule has 0 unspecified atom stereocenters. The van der Waals surface area contributed by atoms with Gasteiger partial charge in [-0.15, -0.1) is 0 Å². The lowest BCUT2D eigenvalue weighted by Crippen LogP contribution is -2.38. The van der Waals surface area contributed by atoms with Crippen molar-refractivity contribution in [3.8, 4) is 0 Å². The standard InChI is InChI=1S/C13H20N2O/c1-4-15(3)13(16)14-10-9-12-8-6-5-7-11(12)2/h5-8H,4,9-10H2,1-3H3,(H,14,16). The van der Waals surface area contributed by atoms with E-state index in [1.165, 1.54) is 11.1 Å². The molecule has 1 aromatic rings. The van der Waals surface area contributed by atoms with E-state index in [-0.39, 0.29) is 6.03 Å². The molecule has 0 atom stereocenters. The highest BCUT2D eigenvalue weighted by atomic mass is 16.2. The predicted molar refractivity (Wildman–Crippen MR) is 66.6 cm³/mol. The summed E-state index contributed by atoms with van der Waals surface area (Å²) in [6.07, 6.45) is 0.885. The number of urea groups is 1. The van der Waals surface area contributed by atoms with Crippen molar-refractivity contribution in [2.24, 2.45) is 0 Å². The predicted octanol–water partition coefficient (Wildman–Crippen LogP) is 2.20. The van der Waals surface area contributed by atoms with Crippen LogP contribution in [0.5, 0.6) is 0 Å². The number of benzene rings is 1. The summed E-state index contributed by atoms with van der Waals surface area (Å²) in [4.78, 5) is 13.1. The zero-order valence-corrected chi connectivity index (χ0v) is 10.3. The molecule has 0 saturated carbocycles. The van der Waals surface area contributed by atoms with Crippen molar-refractivity contribution in [1.29, 1.82) is 0 Å². The summed E-state index contributed by atoms with van der Waals surface area (Å²) < 4.78 is 0. The van der Waals surface area contributed by atoms with E-state index in [0.717, 1.165) is 13.0 Å². The van der Waals surface area contributed by atoms with Crippen LogP contribution < -0.4 is 5.32 Å². The SMILES string of the molecule is CCN(C)C(=O)NCCc1ccccc1C. The maximum absolute atomic E-state index is 11.5. The largest absolute Gasteiger partial charge is 0.338 e. The van der Waals surface area contributed by atoms with Crippen molar-refractivity contribution in [2.75, 3.05) is 20.1 Å². The number of hydrogen-bond donors (Lipinski definition) is 1. The summed E-state index contributed by atoms with van der Waals surface area (Å²) in [7, 11) is 1.79. The molecule has 16 heavy (non-hydrogen) atoms. The zero-order valence-electron chi connectivity index (χ0n) is 10.3. The summed E-state index contributed by atoms with van der Waals surface area (Å²) in [5.74, 6) is 0. The zero-order chi connectivity index (χ0) is 12.0. The van der Waals surface area contributed by atoms with Crippen molar-refractivity contribution in [2.45, 2.75) is 20.3 Å². The molecule has 0 saturated heterocycles. The van der Waals surface area contributed by atoms with Crippen molar-refractivity contribution in [3.63, 3.8) is 0 Å². The van der Waals surface area contributed by atoms with Gasteiger partial charge in [-0.3, -0.25) is 0 Å². The fraction of sp³-hybridized carbons (Fsp3) is 0.462. The van der Waals surface area contributed by atoms with Gasteiger partial charge in [-0.2, -0.15) is 0 Å². The van der Waals surface area contributed by atoms with E-state index in [9.17, 15) is 4.79 Å². The second-order valence-corrected chi connectivity index (χ2v) is 3.92. The molecule has 3 heteroatoms. The van der Waals surface area contributed by atoms with Gasteiger partial charge in [0.15, 0.2) is 0 Å². The van der Waals surface area contributed by atoms with Gasteiger partial charge in [0.25, 0.3) is 0 Å². The van der Waals surface area contributed by atoms with E-state index in [0.29, 0.717) is 6.54 Å². The summed E-state index contributed by atoms with van der Waals surface area (Å²) in [5.41, 5.74) is 2.57. The van der Waals surface area contributed by atoms with Gasteiger partial charge in [0.2, 0.25) is 0 Å². The molecule has 1 rings (SSSR count). The Kier molecular flexibility index (Phi) is 4.83. The molecule has 3 nitrogen and oxygen atoms in total. The van der Waals surface area contributed by atoms with Gasteiger partial charge in [-0.25, -0.2) is 4.79 Å². The monoisotopic (exact) mass is 220 g/mol. The van der Waals surface area contributed by atoms with Crippen LogP contribution in [0.4, 0.5) is 4.79 Å². The van der Waals surface area contributed by atoms with Crippen molar-refractivity contribution in [3.05, 3.63) is 35.4 Å². The van der Waals surface area contributed by atoms with Crippen LogP contribution in [0, 0.1) is 6.92 Å². The Hall–Kier alpha value is -1.51. The van der Waals surface area contributed by atoms with E-state index in [2.05, 4.69) is 24.4 Å². The molecular formula is C13H20N2O. The molecule has 0 radical (unpaired) electrons. The van der Waals surface area contributed by atoms with Crippen molar-refractivity contribution >= 4 is 6.03 Å². The number of aryl methyl sites for hydroxylation is 1. The van der Waals surface area contributed by atoms with Crippen LogP contribution in [0.15, 0.2) is 24.3 Å². The van der Waals surface area contributed by atoms with Crippen LogP contribution in [0.3, 0.4) is 0 Å². The molecule has 0 aliphatic rings. The quantitative estimate of drug-likeness (QED) is 0.829. The van der Waals surface area contributed by atoms with Gasteiger partial charge in [-0.05, 0) is 31.4 Å². The van der Waals surface area contributed by atoms with Crippen molar-refractivity contribution < 1.29 is 4.79 Å².